The molecule has 2 aromatic rings. The Morgan fingerprint density at radius 3 is 2.71 bits per heavy atom. The predicted molar refractivity (Wildman–Crippen MR) is 135 cm³/mol. The van der Waals surface area contributed by atoms with Crippen molar-refractivity contribution in [3.8, 4) is 0 Å². The molecule has 1 spiro atoms. The number of aliphatic hydroxyl groups excluding tert-OH is 1. The quantitative estimate of drug-likeness (QED) is 0.568. The fourth-order valence-electron chi connectivity index (χ4n) is 5.76. The summed E-state index contributed by atoms with van der Waals surface area (Å²) < 4.78 is 0. The summed E-state index contributed by atoms with van der Waals surface area (Å²) >= 11 is 0. The van der Waals surface area contributed by atoms with Crippen molar-refractivity contribution in [1.29, 1.82) is 0 Å². The predicted octanol–water partition coefficient (Wildman–Crippen LogP) is 3.38. The molecule has 1 aliphatic carbocycles. The van der Waals surface area contributed by atoms with Crippen LogP contribution in [-0.2, 0) is 16.8 Å². The van der Waals surface area contributed by atoms with Crippen molar-refractivity contribution in [3.05, 3.63) is 59.3 Å². The van der Waals surface area contributed by atoms with Crippen LogP contribution >= 0.6 is 0 Å². The highest BCUT2D eigenvalue weighted by atomic mass is 16.3. The first-order chi connectivity index (χ1) is 16.9. The number of fused-ring (bicyclic) bond motifs is 2. The van der Waals surface area contributed by atoms with Crippen molar-refractivity contribution in [3.63, 3.8) is 0 Å². The molecule has 2 N–H and O–H groups in total. The molecule has 2 fully saturated rings. The van der Waals surface area contributed by atoms with Crippen molar-refractivity contribution in [2.75, 3.05) is 31.5 Å². The first kappa shape index (κ1) is 23.9. The summed E-state index contributed by atoms with van der Waals surface area (Å²) in [5, 5.41) is 14.1. The van der Waals surface area contributed by atoms with E-state index in [1.807, 2.05) is 11.0 Å². The fourth-order valence-corrected chi connectivity index (χ4v) is 5.76. The van der Waals surface area contributed by atoms with Gasteiger partial charge in [-0.2, -0.15) is 0 Å². The maximum Gasteiger partial charge on any atom is 0.219 e. The lowest BCUT2D eigenvalue weighted by atomic mass is 9.87. The number of nitrogens with one attached hydrogen (secondary N) is 1. The van der Waals surface area contributed by atoms with Gasteiger partial charge in [0, 0.05) is 69.3 Å². The maximum absolute atomic E-state index is 12.9. The highest BCUT2D eigenvalue weighted by Gasteiger charge is 2.48. The van der Waals surface area contributed by atoms with Gasteiger partial charge >= 0.3 is 0 Å². The number of rotatable bonds is 8. The van der Waals surface area contributed by atoms with Crippen molar-refractivity contribution in [1.82, 2.24) is 14.8 Å². The average molecular weight is 477 g/mol. The fraction of sp³-hybridized carbons (Fsp3) is 0.536. The number of Topliss-reactive ketones (excluding diaryl/α,β-unsaturated/α-hetero) is 1. The van der Waals surface area contributed by atoms with Gasteiger partial charge in [-0.3, -0.25) is 14.5 Å². The molecular formula is C28H36N4O3. The standard InChI is InChI=1S/C28H36N4O3/c1-20(33)32-14-9-23(10-15-32)30-27-16-21(8-13-29-27)26(35)7-6-24(34)18-31-17-22-4-2-3-5-25(22)28(19-31)11-12-28/h2-5,8,13,16,23-24,34H,6-7,9-12,14-15,17-19H2,1H3,(H,29,30)/t24-/m0/s1. The first-order valence-corrected chi connectivity index (χ1v) is 12.9. The second-order valence-electron chi connectivity index (χ2n) is 10.6. The second kappa shape index (κ2) is 10.1. The Balaban J connectivity index is 1.10. The molecule has 1 aromatic carbocycles. The molecule has 1 saturated heterocycles. The third kappa shape index (κ3) is 5.57. The summed E-state index contributed by atoms with van der Waals surface area (Å²) in [4.78, 5) is 33.0. The van der Waals surface area contributed by atoms with Gasteiger partial charge in [-0.05, 0) is 55.4 Å². The normalized spacial score (nSPS) is 20.3. The SMILES string of the molecule is CC(=O)N1CCC(Nc2cc(C(=O)CC[C@H](O)CN3Cc4ccccc4C4(CC4)C3)ccn2)CC1. The van der Waals surface area contributed by atoms with Crippen LogP contribution in [0.2, 0.25) is 0 Å². The Morgan fingerprint density at radius 2 is 1.97 bits per heavy atom. The van der Waals surface area contributed by atoms with Crippen molar-refractivity contribution < 1.29 is 14.7 Å². The second-order valence-corrected chi connectivity index (χ2v) is 10.6. The van der Waals surface area contributed by atoms with Crippen molar-refractivity contribution in [2.45, 2.75) is 69.6 Å². The molecule has 35 heavy (non-hydrogen) atoms. The van der Waals surface area contributed by atoms with E-state index >= 15 is 0 Å². The molecule has 5 rings (SSSR count). The number of β-amino-alcohol motifs (C(OH)–C–C–N with tert-alkyl or cyclic N) is 1. The van der Waals surface area contributed by atoms with Crippen LogP contribution in [0.25, 0.3) is 0 Å². The third-order valence-electron chi connectivity index (χ3n) is 7.91. The Morgan fingerprint density at radius 1 is 1.20 bits per heavy atom. The summed E-state index contributed by atoms with van der Waals surface area (Å²) in [6, 6.07) is 12.5. The topological polar surface area (TPSA) is 85.8 Å². The molecule has 0 bridgehead atoms. The van der Waals surface area contributed by atoms with Crippen LogP contribution in [0.15, 0.2) is 42.6 Å². The number of carbonyl (C=O) groups excluding carboxylic acids is 2. The summed E-state index contributed by atoms with van der Waals surface area (Å²) in [6.45, 7) is 5.57. The number of amides is 1. The molecular weight excluding hydrogens is 440 g/mol. The minimum absolute atomic E-state index is 0.0311. The van der Waals surface area contributed by atoms with Crippen LogP contribution in [0.5, 0.6) is 0 Å². The first-order valence-electron chi connectivity index (χ1n) is 12.9. The number of ketones is 1. The Bertz CT molecular complexity index is 1080. The van der Waals surface area contributed by atoms with Gasteiger partial charge in [0.25, 0.3) is 0 Å². The number of hydrogen-bond donors (Lipinski definition) is 2. The Labute approximate surface area is 207 Å². The van der Waals surface area contributed by atoms with Crippen LogP contribution < -0.4 is 5.32 Å². The van der Waals surface area contributed by atoms with Crippen LogP contribution in [0, 0.1) is 0 Å². The molecule has 0 radical (unpaired) electrons. The number of anilines is 1. The van der Waals surface area contributed by atoms with Gasteiger partial charge in [0.1, 0.15) is 5.82 Å². The zero-order chi connectivity index (χ0) is 24.4. The average Bonchev–Trinajstić information content (AvgIpc) is 3.62. The van der Waals surface area contributed by atoms with E-state index in [4.69, 9.17) is 0 Å². The number of piperidine rings is 1. The third-order valence-corrected chi connectivity index (χ3v) is 7.91. The van der Waals surface area contributed by atoms with Crippen LogP contribution in [-0.4, -0.2) is 69.9 Å². The lowest BCUT2D eigenvalue weighted by Gasteiger charge is -2.36. The number of carbonyl (C=O) groups is 2. The Hall–Kier alpha value is -2.77. The molecule has 186 valence electrons. The zero-order valence-electron chi connectivity index (χ0n) is 20.6. The molecule has 2 aliphatic heterocycles. The number of aromatic nitrogens is 1. The summed E-state index contributed by atoms with van der Waals surface area (Å²) in [6.07, 6.45) is 6.10. The highest BCUT2D eigenvalue weighted by Crippen LogP contribution is 2.52. The molecule has 7 nitrogen and oxygen atoms in total. The molecule has 3 heterocycles. The molecule has 0 unspecified atom stereocenters. The molecule has 1 aromatic heterocycles. The smallest absolute Gasteiger partial charge is 0.219 e. The summed E-state index contributed by atoms with van der Waals surface area (Å²) in [5.41, 5.74) is 3.78. The minimum atomic E-state index is -0.522. The number of likely N-dealkylation sites (tertiary alicyclic amines) is 1. The molecule has 7 heteroatoms. The molecule has 3 aliphatic rings. The van der Waals surface area contributed by atoms with Crippen molar-refractivity contribution in [2.24, 2.45) is 0 Å². The molecule has 1 atom stereocenters. The van der Waals surface area contributed by atoms with E-state index in [0.717, 1.165) is 39.0 Å². The maximum atomic E-state index is 12.9. The van der Waals surface area contributed by atoms with E-state index in [0.29, 0.717) is 30.8 Å². The van der Waals surface area contributed by atoms with Crippen LogP contribution in [0.1, 0.15) is 66.9 Å². The minimum Gasteiger partial charge on any atom is -0.392 e. The Kier molecular flexibility index (Phi) is 6.89. The van der Waals surface area contributed by atoms with Gasteiger partial charge in [-0.15, -0.1) is 0 Å². The van der Waals surface area contributed by atoms with Crippen LogP contribution in [0.4, 0.5) is 5.82 Å². The van der Waals surface area contributed by atoms with E-state index in [1.165, 1.54) is 24.0 Å². The van der Waals surface area contributed by atoms with E-state index in [-0.39, 0.29) is 23.1 Å². The number of pyridine rings is 1. The monoisotopic (exact) mass is 476 g/mol. The van der Waals surface area contributed by atoms with Crippen molar-refractivity contribution >= 4 is 17.5 Å². The highest BCUT2D eigenvalue weighted by molar-refractivity contribution is 5.96. The lowest BCUT2D eigenvalue weighted by Crippen LogP contribution is -2.41. The number of aliphatic hydroxyl groups is 1. The largest absolute Gasteiger partial charge is 0.392 e. The van der Waals surface area contributed by atoms with Gasteiger partial charge in [0.15, 0.2) is 5.78 Å². The van der Waals surface area contributed by atoms with Gasteiger partial charge in [-0.1, -0.05) is 24.3 Å². The molecule has 1 amide bonds. The van der Waals surface area contributed by atoms with E-state index < -0.39 is 6.10 Å². The number of benzene rings is 1. The number of hydrogen-bond acceptors (Lipinski definition) is 6. The zero-order valence-corrected chi connectivity index (χ0v) is 20.6. The molecule has 1 saturated carbocycles. The lowest BCUT2D eigenvalue weighted by molar-refractivity contribution is -0.129. The summed E-state index contributed by atoms with van der Waals surface area (Å²) in [7, 11) is 0. The van der Waals surface area contributed by atoms with Gasteiger partial charge < -0.3 is 15.3 Å². The number of nitrogens with zero attached hydrogens (tertiary/aromatic N) is 3. The van der Waals surface area contributed by atoms with Gasteiger partial charge in [0.2, 0.25) is 5.91 Å². The van der Waals surface area contributed by atoms with Gasteiger partial charge in [-0.25, -0.2) is 4.98 Å². The van der Waals surface area contributed by atoms with E-state index in [2.05, 4.69) is 39.5 Å². The van der Waals surface area contributed by atoms with E-state index in [1.54, 1.807) is 19.2 Å². The van der Waals surface area contributed by atoms with Gasteiger partial charge in [0.05, 0.1) is 6.10 Å². The van der Waals surface area contributed by atoms with E-state index in [9.17, 15) is 14.7 Å². The van der Waals surface area contributed by atoms with Crippen LogP contribution in [0.3, 0.4) is 0 Å². The summed E-state index contributed by atoms with van der Waals surface area (Å²) in [5.74, 6) is 0.844.